The number of amides is 2. The number of nitrogens with zero attached hydrogens (tertiary/aromatic N) is 2. The zero-order chi connectivity index (χ0) is 19.4. The van der Waals surface area contributed by atoms with E-state index < -0.39 is 0 Å². The third kappa shape index (κ3) is 3.79. The van der Waals surface area contributed by atoms with Gasteiger partial charge < -0.3 is 10.2 Å². The molecule has 1 N–H and O–H groups in total. The molecular weight excluding hydrogens is 350 g/mol. The second kappa shape index (κ2) is 8.13. The van der Waals surface area contributed by atoms with Crippen molar-refractivity contribution in [2.24, 2.45) is 11.3 Å². The van der Waals surface area contributed by atoms with Crippen molar-refractivity contribution in [2.45, 2.75) is 38.6 Å². The lowest BCUT2D eigenvalue weighted by molar-refractivity contribution is -0.128. The summed E-state index contributed by atoms with van der Waals surface area (Å²) in [6.45, 7) is 1.67. The van der Waals surface area contributed by atoms with Gasteiger partial charge in [-0.25, -0.2) is 0 Å². The van der Waals surface area contributed by atoms with Crippen LogP contribution in [0.4, 0.5) is 0 Å². The normalized spacial score (nSPS) is 20.9. The molecule has 1 spiro atoms. The quantitative estimate of drug-likeness (QED) is 0.888. The highest BCUT2D eigenvalue weighted by atomic mass is 16.2. The molecule has 1 atom stereocenters. The average molecular weight is 377 g/mol. The maximum Gasteiger partial charge on any atom is 0.253 e. The predicted molar refractivity (Wildman–Crippen MR) is 107 cm³/mol. The number of hydrogen-bond donors (Lipinski definition) is 1. The molecule has 1 saturated carbocycles. The first kappa shape index (κ1) is 18.7. The molecule has 1 unspecified atom stereocenters. The monoisotopic (exact) mass is 377 g/mol. The van der Waals surface area contributed by atoms with Crippen molar-refractivity contribution >= 4 is 11.8 Å². The van der Waals surface area contributed by atoms with E-state index in [0.29, 0.717) is 25.2 Å². The summed E-state index contributed by atoms with van der Waals surface area (Å²) >= 11 is 0. The lowest BCUT2D eigenvalue weighted by atomic mass is 9.67. The predicted octanol–water partition coefficient (Wildman–Crippen LogP) is 3.42. The second-order valence-electron chi connectivity index (χ2n) is 8.11. The van der Waals surface area contributed by atoms with Crippen LogP contribution in [0, 0.1) is 11.3 Å². The molecule has 2 aliphatic rings. The van der Waals surface area contributed by atoms with Gasteiger partial charge in [0.25, 0.3) is 5.91 Å². The third-order valence-corrected chi connectivity index (χ3v) is 6.31. The summed E-state index contributed by atoms with van der Waals surface area (Å²) in [5.74, 6) is -0.0423. The van der Waals surface area contributed by atoms with Gasteiger partial charge in [0.05, 0.1) is 5.92 Å². The van der Waals surface area contributed by atoms with Gasteiger partial charge in [-0.1, -0.05) is 43.5 Å². The lowest BCUT2D eigenvalue weighted by Crippen LogP contribution is -2.42. The molecule has 5 nitrogen and oxygen atoms in total. The molecule has 1 saturated heterocycles. The molecular formula is C23H27N3O2. The highest BCUT2D eigenvalue weighted by molar-refractivity contribution is 5.95. The maximum absolute atomic E-state index is 13.1. The van der Waals surface area contributed by atoms with Crippen LogP contribution >= 0.6 is 0 Å². The molecule has 4 rings (SSSR count). The Morgan fingerprint density at radius 1 is 1.07 bits per heavy atom. The fourth-order valence-corrected chi connectivity index (χ4v) is 4.83. The van der Waals surface area contributed by atoms with Crippen molar-refractivity contribution in [2.75, 3.05) is 13.1 Å². The number of pyridine rings is 1. The van der Waals surface area contributed by atoms with Crippen LogP contribution in [0.25, 0.3) is 0 Å². The number of hydrogen-bond acceptors (Lipinski definition) is 3. The molecule has 5 heteroatoms. The molecule has 2 fully saturated rings. The lowest BCUT2D eigenvalue weighted by Gasteiger charge is -2.37. The summed E-state index contributed by atoms with van der Waals surface area (Å²) in [5.41, 5.74) is 1.61. The van der Waals surface area contributed by atoms with Crippen LogP contribution in [0.3, 0.4) is 0 Å². The Morgan fingerprint density at radius 3 is 2.57 bits per heavy atom. The fourth-order valence-electron chi connectivity index (χ4n) is 4.83. The Kier molecular flexibility index (Phi) is 5.42. The Labute approximate surface area is 166 Å². The fraction of sp³-hybridized carbons (Fsp3) is 0.435. The minimum absolute atomic E-state index is 0.0353. The maximum atomic E-state index is 13.1. The molecule has 146 valence electrons. The first-order valence-corrected chi connectivity index (χ1v) is 10.2. The van der Waals surface area contributed by atoms with E-state index in [1.165, 1.54) is 6.42 Å². The molecule has 0 radical (unpaired) electrons. The van der Waals surface area contributed by atoms with Crippen LogP contribution in [-0.4, -0.2) is 34.8 Å². The van der Waals surface area contributed by atoms with E-state index in [0.717, 1.165) is 31.2 Å². The van der Waals surface area contributed by atoms with Gasteiger partial charge in [-0.3, -0.25) is 14.6 Å². The number of benzene rings is 1. The van der Waals surface area contributed by atoms with Gasteiger partial charge in [-0.05, 0) is 36.6 Å². The molecule has 1 aliphatic heterocycles. The van der Waals surface area contributed by atoms with Crippen LogP contribution in [0.1, 0.15) is 48.0 Å². The highest BCUT2D eigenvalue weighted by Crippen LogP contribution is 2.48. The van der Waals surface area contributed by atoms with E-state index in [2.05, 4.69) is 10.3 Å². The Morgan fingerprint density at radius 2 is 1.86 bits per heavy atom. The highest BCUT2D eigenvalue weighted by Gasteiger charge is 2.51. The Bertz CT molecular complexity index is 816. The molecule has 1 aromatic carbocycles. The topological polar surface area (TPSA) is 62.3 Å². The SMILES string of the molecule is O=C(NCc1cccnc1)C1CN(C(=O)c2ccccc2)CC12CCCCC2. The van der Waals surface area contributed by atoms with Crippen LogP contribution in [0.15, 0.2) is 54.9 Å². The summed E-state index contributed by atoms with van der Waals surface area (Å²) in [4.78, 5) is 32.1. The number of carbonyl (C=O) groups is 2. The van der Waals surface area contributed by atoms with Gasteiger partial charge in [0.15, 0.2) is 0 Å². The van der Waals surface area contributed by atoms with E-state index >= 15 is 0 Å². The smallest absolute Gasteiger partial charge is 0.253 e. The van der Waals surface area contributed by atoms with Crippen molar-refractivity contribution in [3.8, 4) is 0 Å². The number of nitrogens with one attached hydrogen (secondary N) is 1. The van der Waals surface area contributed by atoms with Crippen molar-refractivity contribution in [1.29, 1.82) is 0 Å². The number of carbonyl (C=O) groups excluding carboxylic acids is 2. The average Bonchev–Trinajstić information content (AvgIpc) is 3.12. The summed E-state index contributed by atoms with van der Waals surface area (Å²) in [6, 6.07) is 13.2. The van der Waals surface area contributed by atoms with E-state index in [9.17, 15) is 9.59 Å². The standard InChI is InChI=1S/C23H27N3O2/c27-21(25-15-18-8-7-13-24-14-18)20-16-26(17-23(20)11-5-2-6-12-23)22(28)19-9-3-1-4-10-19/h1,3-4,7-10,13-14,20H,2,5-6,11-12,15-17H2,(H,25,27). The van der Waals surface area contributed by atoms with Gasteiger partial charge in [-0.2, -0.15) is 0 Å². The van der Waals surface area contributed by atoms with Gasteiger partial charge in [0.1, 0.15) is 0 Å². The number of aromatic nitrogens is 1. The van der Waals surface area contributed by atoms with Gasteiger partial charge in [0, 0.05) is 43.0 Å². The van der Waals surface area contributed by atoms with E-state index in [4.69, 9.17) is 0 Å². The van der Waals surface area contributed by atoms with Gasteiger partial charge >= 0.3 is 0 Å². The molecule has 2 heterocycles. The van der Waals surface area contributed by atoms with Gasteiger partial charge in [0.2, 0.25) is 5.91 Å². The van der Waals surface area contributed by atoms with E-state index in [1.807, 2.05) is 47.4 Å². The van der Waals surface area contributed by atoms with Crippen LogP contribution in [-0.2, 0) is 11.3 Å². The van der Waals surface area contributed by atoms with Crippen molar-refractivity contribution in [3.63, 3.8) is 0 Å². The summed E-state index contributed by atoms with van der Waals surface area (Å²) < 4.78 is 0. The van der Waals surface area contributed by atoms with Crippen LogP contribution in [0.5, 0.6) is 0 Å². The minimum atomic E-state index is -0.142. The molecule has 0 bridgehead atoms. The first-order valence-electron chi connectivity index (χ1n) is 10.2. The van der Waals surface area contributed by atoms with Crippen molar-refractivity contribution in [1.82, 2.24) is 15.2 Å². The largest absolute Gasteiger partial charge is 0.352 e. The number of rotatable bonds is 4. The zero-order valence-corrected chi connectivity index (χ0v) is 16.1. The number of likely N-dealkylation sites (tertiary alicyclic amines) is 1. The molecule has 2 amide bonds. The first-order chi connectivity index (χ1) is 13.7. The second-order valence-corrected chi connectivity index (χ2v) is 8.11. The van der Waals surface area contributed by atoms with Crippen LogP contribution in [0.2, 0.25) is 0 Å². The molecule has 2 aromatic rings. The summed E-state index contributed by atoms with van der Waals surface area (Å²) in [5, 5.41) is 3.09. The Hall–Kier alpha value is -2.69. The van der Waals surface area contributed by atoms with Crippen molar-refractivity contribution in [3.05, 3.63) is 66.0 Å². The van der Waals surface area contributed by atoms with E-state index in [-0.39, 0.29) is 23.1 Å². The van der Waals surface area contributed by atoms with Crippen LogP contribution < -0.4 is 5.32 Å². The molecule has 28 heavy (non-hydrogen) atoms. The van der Waals surface area contributed by atoms with Crippen molar-refractivity contribution < 1.29 is 9.59 Å². The molecule has 1 aliphatic carbocycles. The Balaban J connectivity index is 1.50. The zero-order valence-electron chi connectivity index (χ0n) is 16.1. The minimum Gasteiger partial charge on any atom is -0.352 e. The summed E-state index contributed by atoms with van der Waals surface area (Å²) in [6.07, 6.45) is 9.05. The third-order valence-electron chi connectivity index (χ3n) is 6.31. The molecule has 1 aromatic heterocycles. The van der Waals surface area contributed by atoms with Gasteiger partial charge in [-0.15, -0.1) is 0 Å². The summed E-state index contributed by atoms with van der Waals surface area (Å²) in [7, 11) is 0. The van der Waals surface area contributed by atoms with E-state index in [1.54, 1.807) is 12.4 Å².